The molecule has 2 N–H and O–H groups in total. The Morgan fingerprint density at radius 1 is 1.14 bits per heavy atom. The van der Waals surface area contributed by atoms with E-state index in [1.54, 1.807) is 7.11 Å². The van der Waals surface area contributed by atoms with Crippen molar-refractivity contribution in [1.29, 1.82) is 0 Å². The first-order valence-corrected chi connectivity index (χ1v) is 14.1. The van der Waals surface area contributed by atoms with Crippen LogP contribution in [0.3, 0.4) is 0 Å². The van der Waals surface area contributed by atoms with Gasteiger partial charge in [0.2, 0.25) is 0 Å². The number of unbranched alkanes of at least 4 members (excludes halogenated alkanes) is 1. The summed E-state index contributed by atoms with van der Waals surface area (Å²) in [6, 6.07) is 17.5. The second-order valence-corrected chi connectivity index (χ2v) is 10.4. The molecule has 0 radical (unpaired) electrons. The van der Waals surface area contributed by atoms with Crippen LogP contribution in [0.4, 0.5) is 0 Å². The highest BCUT2D eigenvalue weighted by molar-refractivity contribution is 14.1. The standard InChI is InChI=1S/C29H32ClIN2O3/c1-35-23-11-12-28-26(19-23)24(25-6-4-17-33-27(25)20-36-28)5-2-3-16-32-18-14-29(34,13-15-31)21-7-9-22(30)10-8-21/h4-12,17,19,32,34H,2-3,13-16,18,20H2,1H3. The van der Waals surface area contributed by atoms with Gasteiger partial charge < -0.3 is 19.9 Å². The van der Waals surface area contributed by atoms with Crippen molar-refractivity contribution in [3.8, 4) is 11.5 Å². The third-order valence-corrected chi connectivity index (χ3v) is 7.32. The summed E-state index contributed by atoms with van der Waals surface area (Å²) in [4.78, 5) is 4.55. The number of allylic oxidation sites excluding steroid dienone is 1. The molecule has 5 nitrogen and oxygen atoms in total. The van der Waals surface area contributed by atoms with Crippen molar-refractivity contribution in [3.63, 3.8) is 0 Å². The molecule has 0 fully saturated rings. The van der Waals surface area contributed by atoms with Crippen molar-refractivity contribution in [2.45, 2.75) is 37.9 Å². The van der Waals surface area contributed by atoms with Gasteiger partial charge in [0.1, 0.15) is 18.1 Å². The molecule has 0 spiro atoms. The molecule has 3 aromatic rings. The SMILES string of the molecule is COc1ccc2c(c1)C(=CCCCNCCC(O)(CCI)c1ccc(Cl)cc1)c1cccnc1CO2. The monoisotopic (exact) mass is 618 g/mol. The Morgan fingerprint density at radius 3 is 2.75 bits per heavy atom. The predicted molar refractivity (Wildman–Crippen MR) is 154 cm³/mol. The Morgan fingerprint density at radius 2 is 1.97 bits per heavy atom. The van der Waals surface area contributed by atoms with Crippen LogP contribution in [0.5, 0.6) is 11.5 Å². The van der Waals surface area contributed by atoms with E-state index in [2.05, 4.69) is 45.0 Å². The van der Waals surface area contributed by atoms with Gasteiger partial charge >= 0.3 is 0 Å². The second-order valence-electron chi connectivity index (χ2n) is 8.89. The summed E-state index contributed by atoms with van der Waals surface area (Å²) in [5.41, 5.74) is 4.27. The van der Waals surface area contributed by atoms with Crippen molar-refractivity contribution in [1.82, 2.24) is 10.3 Å². The summed E-state index contributed by atoms with van der Waals surface area (Å²) in [7, 11) is 1.68. The van der Waals surface area contributed by atoms with Gasteiger partial charge in [-0.05, 0) is 86.3 Å². The van der Waals surface area contributed by atoms with Crippen LogP contribution in [-0.4, -0.2) is 34.7 Å². The molecule has 0 aliphatic carbocycles. The van der Waals surface area contributed by atoms with Gasteiger partial charge in [0.05, 0.1) is 18.4 Å². The molecule has 4 rings (SSSR count). The highest BCUT2D eigenvalue weighted by Crippen LogP contribution is 2.38. The number of pyridine rings is 1. The van der Waals surface area contributed by atoms with Crippen LogP contribution < -0.4 is 14.8 Å². The zero-order chi connectivity index (χ0) is 25.4. The van der Waals surface area contributed by atoms with Crippen LogP contribution in [0, 0.1) is 0 Å². The molecule has 0 saturated carbocycles. The van der Waals surface area contributed by atoms with Crippen molar-refractivity contribution in [2.24, 2.45) is 0 Å². The number of hydrogen-bond donors (Lipinski definition) is 2. The zero-order valence-corrected chi connectivity index (χ0v) is 23.4. The van der Waals surface area contributed by atoms with Crippen LogP contribution in [0.2, 0.25) is 5.02 Å². The Balaban J connectivity index is 1.38. The average Bonchev–Trinajstić information content (AvgIpc) is 3.05. The summed E-state index contributed by atoms with van der Waals surface area (Å²) in [6.07, 6.45) is 7.33. The molecular formula is C29H32ClIN2O3. The van der Waals surface area contributed by atoms with E-state index in [0.29, 0.717) is 24.5 Å². The summed E-state index contributed by atoms with van der Waals surface area (Å²) in [6.45, 7) is 2.06. The maximum atomic E-state index is 11.3. The molecule has 0 saturated heterocycles. The van der Waals surface area contributed by atoms with E-state index < -0.39 is 5.60 Å². The fourth-order valence-corrected chi connectivity index (χ4v) is 5.52. The number of aromatic nitrogens is 1. The third-order valence-electron chi connectivity index (χ3n) is 6.53. The lowest BCUT2D eigenvalue weighted by Gasteiger charge is -2.28. The number of benzene rings is 2. The summed E-state index contributed by atoms with van der Waals surface area (Å²) < 4.78 is 12.4. The van der Waals surface area contributed by atoms with E-state index in [-0.39, 0.29) is 0 Å². The predicted octanol–water partition coefficient (Wildman–Crippen LogP) is 6.54. The van der Waals surface area contributed by atoms with E-state index in [1.807, 2.05) is 54.7 Å². The number of aliphatic hydroxyl groups is 1. The van der Waals surface area contributed by atoms with Crippen LogP contribution in [0.25, 0.3) is 5.57 Å². The second kappa shape index (κ2) is 12.9. The molecule has 2 aromatic carbocycles. The van der Waals surface area contributed by atoms with E-state index in [9.17, 15) is 5.11 Å². The molecular weight excluding hydrogens is 587 g/mol. The molecule has 1 atom stereocenters. The van der Waals surface area contributed by atoms with Crippen molar-refractivity contribution >= 4 is 39.8 Å². The largest absolute Gasteiger partial charge is 0.497 e. The Kier molecular flexibility index (Phi) is 9.65. The quantitative estimate of drug-likeness (QED) is 0.145. The maximum absolute atomic E-state index is 11.3. The molecule has 1 unspecified atom stereocenters. The minimum atomic E-state index is -0.847. The zero-order valence-electron chi connectivity index (χ0n) is 20.5. The first-order chi connectivity index (χ1) is 17.5. The normalized spacial score (nSPS) is 15.4. The Hall–Kier alpha value is -2.13. The third kappa shape index (κ3) is 6.59. The summed E-state index contributed by atoms with van der Waals surface area (Å²) in [5.74, 6) is 1.65. The number of alkyl halides is 1. The molecule has 1 aromatic heterocycles. The fraction of sp³-hybridized carbons (Fsp3) is 0.345. The summed E-state index contributed by atoms with van der Waals surface area (Å²) in [5, 5.41) is 15.5. The molecule has 1 aliphatic heterocycles. The fourth-order valence-electron chi connectivity index (χ4n) is 4.51. The number of nitrogens with one attached hydrogen (secondary N) is 1. The van der Waals surface area contributed by atoms with Gasteiger partial charge in [-0.25, -0.2) is 0 Å². The van der Waals surface area contributed by atoms with Gasteiger partial charge in [0, 0.05) is 26.8 Å². The van der Waals surface area contributed by atoms with Crippen molar-refractivity contribution in [3.05, 3.63) is 94.3 Å². The minimum absolute atomic E-state index is 0.447. The highest BCUT2D eigenvalue weighted by atomic mass is 127. The smallest absolute Gasteiger partial charge is 0.131 e. The van der Waals surface area contributed by atoms with Crippen LogP contribution in [0.1, 0.15) is 48.1 Å². The lowest BCUT2D eigenvalue weighted by molar-refractivity contribution is 0.0257. The lowest BCUT2D eigenvalue weighted by Crippen LogP contribution is -2.31. The number of ether oxygens (including phenoxy) is 2. The van der Waals surface area contributed by atoms with E-state index in [1.165, 1.54) is 0 Å². The average molecular weight is 619 g/mol. The van der Waals surface area contributed by atoms with Gasteiger partial charge in [-0.15, -0.1) is 0 Å². The minimum Gasteiger partial charge on any atom is -0.497 e. The van der Waals surface area contributed by atoms with Crippen molar-refractivity contribution in [2.75, 3.05) is 24.6 Å². The number of fused-ring (bicyclic) bond motifs is 2. The van der Waals surface area contributed by atoms with Gasteiger partial charge in [-0.2, -0.15) is 0 Å². The highest BCUT2D eigenvalue weighted by Gasteiger charge is 2.28. The summed E-state index contributed by atoms with van der Waals surface area (Å²) >= 11 is 8.35. The first kappa shape index (κ1) is 26.9. The van der Waals surface area contributed by atoms with Gasteiger partial charge in [0.25, 0.3) is 0 Å². The maximum Gasteiger partial charge on any atom is 0.131 e. The molecule has 36 heavy (non-hydrogen) atoms. The van der Waals surface area contributed by atoms with Gasteiger partial charge in [0.15, 0.2) is 0 Å². The van der Waals surface area contributed by atoms with Crippen LogP contribution >= 0.6 is 34.2 Å². The van der Waals surface area contributed by atoms with Crippen molar-refractivity contribution < 1.29 is 14.6 Å². The van der Waals surface area contributed by atoms with E-state index >= 15 is 0 Å². The number of rotatable bonds is 11. The van der Waals surface area contributed by atoms with E-state index in [4.69, 9.17) is 21.1 Å². The molecule has 190 valence electrons. The van der Waals surface area contributed by atoms with E-state index in [0.717, 1.165) is 69.8 Å². The molecule has 2 heterocycles. The Labute approximate surface area is 232 Å². The lowest BCUT2D eigenvalue weighted by atomic mass is 9.88. The molecule has 1 aliphatic rings. The number of methoxy groups -OCH3 is 1. The van der Waals surface area contributed by atoms with Gasteiger partial charge in [-0.3, -0.25) is 4.98 Å². The number of hydrogen-bond acceptors (Lipinski definition) is 5. The number of nitrogens with zero attached hydrogens (tertiary/aromatic N) is 1. The van der Waals surface area contributed by atoms with Crippen LogP contribution in [-0.2, 0) is 12.2 Å². The first-order valence-electron chi connectivity index (χ1n) is 12.2. The Bertz CT molecular complexity index is 1190. The molecule has 7 heteroatoms. The van der Waals surface area contributed by atoms with Crippen LogP contribution in [0.15, 0.2) is 66.9 Å². The topological polar surface area (TPSA) is 63.6 Å². The molecule has 0 bridgehead atoms. The molecule has 0 amide bonds. The number of halogens is 2. The van der Waals surface area contributed by atoms with Gasteiger partial charge in [-0.1, -0.05) is 58.5 Å².